The molecule has 21 heavy (non-hydrogen) atoms. The Balaban J connectivity index is 1.84. The number of carbonyl (C=O) groups excluding carboxylic acids is 1. The zero-order chi connectivity index (χ0) is 15.2. The number of amides is 1. The first kappa shape index (κ1) is 15.4. The molecule has 2 aromatic rings. The van der Waals surface area contributed by atoms with Crippen LogP contribution < -0.4 is 15.8 Å². The van der Waals surface area contributed by atoms with Gasteiger partial charge in [0.2, 0.25) is 5.91 Å². The average Bonchev–Trinajstić information content (AvgIpc) is 2.43. The number of nitrogens with one attached hydrogen (secondary N) is 1. The molecule has 0 aliphatic rings. The van der Waals surface area contributed by atoms with Crippen molar-refractivity contribution >= 4 is 33.2 Å². The molecule has 3 N–H and O–H groups in total. The minimum absolute atomic E-state index is 0.0924. The van der Waals surface area contributed by atoms with Crippen molar-refractivity contribution in [3.8, 4) is 5.75 Å². The monoisotopic (exact) mass is 348 g/mol. The lowest BCUT2D eigenvalue weighted by molar-refractivity contribution is -0.116. The van der Waals surface area contributed by atoms with E-state index in [9.17, 15) is 4.79 Å². The van der Waals surface area contributed by atoms with E-state index in [1.807, 2.05) is 37.3 Å². The van der Waals surface area contributed by atoms with E-state index in [-0.39, 0.29) is 12.3 Å². The normalized spacial score (nSPS) is 10.2. The molecule has 0 saturated carbocycles. The van der Waals surface area contributed by atoms with E-state index in [0.29, 0.717) is 18.0 Å². The van der Waals surface area contributed by atoms with Crippen LogP contribution in [-0.2, 0) is 4.79 Å². The van der Waals surface area contributed by atoms with E-state index < -0.39 is 0 Å². The van der Waals surface area contributed by atoms with Gasteiger partial charge in [-0.05, 0) is 52.7 Å². The highest BCUT2D eigenvalue weighted by Gasteiger charge is 2.06. The molecule has 0 fully saturated rings. The van der Waals surface area contributed by atoms with Crippen LogP contribution in [0.25, 0.3) is 0 Å². The molecule has 0 heterocycles. The van der Waals surface area contributed by atoms with Crippen LogP contribution >= 0.6 is 15.9 Å². The summed E-state index contributed by atoms with van der Waals surface area (Å²) in [7, 11) is 0. The van der Waals surface area contributed by atoms with Gasteiger partial charge >= 0.3 is 0 Å². The van der Waals surface area contributed by atoms with Crippen LogP contribution in [0.1, 0.15) is 12.0 Å². The molecule has 4 nitrogen and oxygen atoms in total. The van der Waals surface area contributed by atoms with Gasteiger partial charge in [-0.2, -0.15) is 0 Å². The molecule has 0 saturated heterocycles. The van der Waals surface area contributed by atoms with Gasteiger partial charge in [-0.25, -0.2) is 0 Å². The number of aryl methyl sites for hydroxylation is 1. The molecule has 2 aromatic carbocycles. The maximum atomic E-state index is 11.9. The number of halogens is 1. The molecule has 0 radical (unpaired) electrons. The molecule has 1 amide bonds. The van der Waals surface area contributed by atoms with Gasteiger partial charge in [-0.1, -0.05) is 12.1 Å². The van der Waals surface area contributed by atoms with Crippen LogP contribution in [0.15, 0.2) is 46.9 Å². The third kappa shape index (κ3) is 4.79. The second kappa shape index (κ2) is 7.13. The summed E-state index contributed by atoms with van der Waals surface area (Å²) in [6.45, 7) is 2.28. The zero-order valence-electron chi connectivity index (χ0n) is 11.7. The Morgan fingerprint density at radius 2 is 2.10 bits per heavy atom. The van der Waals surface area contributed by atoms with Gasteiger partial charge in [0.25, 0.3) is 0 Å². The molecular formula is C16H17BrN2O2. The molecule has 0 aliphatic heterocycles. The summed E-state index contributed by atoms with van der Waals surface area (Å²) in [4.78, 5) is 11.9. The summed E-state index contributed by atoms with van der Waals surface area (Å²) in [6, 6.07) is 12.9. The van der Waals surface area contributed by atoms with Crippen LogP contribution in [0.4, 0.5) is 11.4 Å². The van der Waals surface area contributed by atoms with E-state index >= 15 is 0 Å². The van der Waals surface area contributed by atoms with Crippen molar-refractivity contribution in [2.24, 2.45) is 0 Å². The largest absolute Gasteiger partial charge is 0.493 e. The number of hydrogen-bond donors (Lipinski definition) is 2. The van der Waals surface area contributed by atoms with E-state index in [2.05, 4.69) is 21.2 Å². The summed E-state index contributed by atoms with van der Waals surface area (Å²) >= 11 is 3.41. The molecule has 0 aliphatic carbocycles. The van der Waals surface area contributed by atoms with Gasteiger partial charge in [0.15, 0.2) is 0 Å². The molecule has 0 unspecified atom stereocenters. The summed E-state index contributed by atoms with van der Waals surface area (Å²) < 4.78 is 6.36. The van der Waals surface area contributed by atoms with Crippen LogP contribution in [-0.4, -0.2) is 12.5 Å². The Hall–Kier alpha value is -2.01. The van der Waals surface area contributed by atoms with Crippen LogP contribution in [0.2, 0.25) is 0 Å². The highest BCUT2D eigenvalue weighted by molar-refractivity contribution is 9.10. The van der Waals surface area contributed by atoms with Crippen LogP contribution in [0.5, 0.6) is 5.75 Å². The first-order valence-electron chi connectivity index (χ1n) is 6.59. The second-order valence-corrected chi connectivity index (χ2v) is 5.56. The lowest BCUT2D eigenvalue weighted by atomic mass is 10.2. The van der Waals surface area contributed by atoms with Gasteiger partial charge < -0.3 is 15.8 Å². The number of ether oxygens (including phenoxy) is 1. The molecule has 0 bridgehead atoms. The smallest absolute Gasteiger partial charge is 0.227 e. The molecule has 110 valence electrons. The SMILES string of the molecule is Cc1ccc(Br)c(NC(=O)CCOc2cccc(N)c2)c1. The lowest BCUT2D eigenvalue weighted by Gasteiger charge is -2.09. The number of benzene rings is 2. The summed E-state index contributed by atoms with van der Waals surface area (Å²) in [5, 5.41) is 2.86. The molecule has 0 spiro atoms. The minimum Gasteiger partial charge on any atom is -0.493 e. The summed E-state index contributed by atoms with van der Waals surface area (Å²) in [5.41, 5.74) is 8.15. The van der Waals surface area contributed by atoms with Crippen LogP contribution in [0.3, 0.4) is 0 Å². The van der Waals surface area contributed by atoms with E-state index in [1.54, 1.807) is 12.1 Å². The Morgan fingerprint density at radius 1 is 1.29 bits per heavy atom. The first-order chi connectivity index (χ1) is 10.0. The predicted molar refractivity (Wildman–Crippen MR) is 88.5 cm³/mol. The number of anilines is 2. The second-order valence-electron chi connectivity index (χ2n) is 4.70. The third-order valence-corrected chi connectivity index (χ3v) is 3.54. The number of nitrogen functional groups attached to an aromatic ring is 1. The highest BCUT2D eigenvalue weighted by atomic mass is 79.9. The summed E-state index contributed by atoms with van der Waals surface area (Å²) in [5.74, 6) is 0.574. The molecule has 0 atom stereocenters. The number of hydrogen-bond acceptors (Lipinski definition) is 3. The van der Waals surface area contributed by atoms with E-state index in [4.69, 9.17) is 10.5 Å². The fourth-order valence-corrected chi connectivity index (χ4v) is 2.16. The summed E-state index contributed by atoms with van der Waals surface area (Å²) in [6.07, 6.45) is 0.273. The zero-order valence-corrected chi connectivity index (χ0v) is 13.3. The van der Waals surface area contributed by atoms with E-state index in [0.717, 1.165) is 15.7 Å². The van der Waals surface area contributed by atoms with Crippen molar-refractivity contribution in [1.82, 2.24) is 0 Å². The maximum absolute atomic E-state index is 11.9. The Labute approximate surface area is 132 Å². The Bertz CT molecular complexity index is 644. The topological polar surface area (TPSA) is 64.3 Å². The fourth-order valence-electron chi connectivity index (χ4n) is 1.81. The van der Waals surface area contributed by atoms with Crippen molar-refractivity contribution in [3.63, 3.8) is 0 Å². The molecule has 2 rings (SSSR count). The van der Waals surface area contributed by atoms with Gasteiger partial charge in [0, 0.05) is 16.2 Å². The van der Waals surface area contributed by atoms with Crippen molar-refractivity contribution in [3.05, 3.63) is 52.5 Å². The number of rotatable bonds is 5. The average molecular weight is 349 g/mol. The van der Waals surface area contributed by atoms with Crippen molar-refractivity contribution in [2.75, 3.05) is 17.7 Å². The molecular weight excluding hydrogens is 332 g/mol. The van der Waals surface area contributed by atoms with E-state index in [1.165, 1.54) is 0 Å². The van der Waals surface area contributed by atoms with Gasteiger partial charge in [0.05, 0.1) is 18.7 Å². The van der Waals surface area contributed by atoms with Gasteiger partial charge in [-0.15, -0.1) is 0 Å². The number of carbonyl (C=O) groups is 1. The highest BCUT2D eigenvalue weighted by Crippen LogP contribution is 2.23. The Kier molecular flexibility index (Phi) is 5.22. The molecule has 5 heteroatoms. The minimum atomic E-state index is -0.0924. The van der Waals surface area contributed by atoms with Crippen LogP contribution in [0, 0.1) is 6.92 Å². The fraction of sp³-hybridized carbons (Fsp3) is 0.188. The van der Waals surface area contributed by atoms with Crippen molar-refractivity contribution in [1.29, 1.82) is 0 Å². The Morgan fingerprint density at radius 3 is 2.86 bits per heavy atom. The maximum Gasteiger partial charge on any atom is 0.227 e. The molecule has 0 aromatic heterocycles. The third-order valence-electron chi connectivity index (χ3n) is 2.85. The van der Waals surface area contributed by atoms with Crippen molar-refractivity contribution < 1.29 is 9.53 Å². The number of nitrogens with two attached hydrogens (primary N) is 1. The van der Waals surface area contributed by atoms with Crippen molar-refractivity contribution in [2.45, 2.75) is 13.3 Å². The van der Waals surface area contributed by atoms with Gasteiger partial charge in [0.1, 0.15) is 5.75 Å². The van der Waals surface area contributed by atoms with Gasteiger partial charge in [-0.3, -0.25) is 4.79 Å². The quantitative estimate of drug-likeness (QED) is 0.808. The lowest BCUT2D eigenvalue weighted by Crippen LogP contribution is -2.15. The first-order valence-corrected chi connectivity index (χ1v) is 7.38. The predicted octanol–water partition coefficient (Wildman–Crippen LogP) is 3.75. The standard InChI is InChI=1S/C16H17BrN2O2/c1-11-5-6-14(17)15(9-11)19-16(20)7-8-21-13-4-2-3-12(18)10-13/h2-6,9-10H,7-8,18H2,1H3,(H,19,20).